The molecule has 0 amide bonds. The van der Waals surface area contributed by atoms with Crippen LogP contribution in [0.2, 0.25) is 0 Å². The van der Waals surface area contributed by atoms with E-state index in [9.17, 15) is 9.90 Å². The van der Waals surface area contributed by atoms with E-state index in [0.717, 1.165) is 23.3 Å². The van der Waals surface area contributed by atoms with Crippen molar-refractivity contribution in [1.82, 2.24) is 4.90 Å². The van der Waals surface area contributed by atoms with E-state index in [0.29, 0.717) is 12.8 Å². The second-order valence-corrected chi connectivity index (χ2v) is 7.29. The molecule has 0 aliphatic carbocycles. The highest BCUT2D eigenvalue weighted by Gasteiger charge is 2.30. The molecule has 1 unspecified atom stereocenters. The first-order chi connectivity index (χ1) is 12.1. The fourth-order valence-corrected chi connectivity index (χ4v) is 3.90. The third kappa shape index (κ3) is 4.22. The van der Waals surface area contributed by atoms with E-state index in [-0.39, 0.29) is 12.0 Å². The zero-order chi connectivity index (χ0) is 17.8. The lowest BCUT2D eigenvalue weighted by molar-refractivity contribution is -0.143. The van der Waals surface area contributed by atoms with Crippen molar-refractivity contribution in [3.8, 4) is 5.75 Å². The van der Waals surface area contributed by atoms with Gasteiger partial charge in [-0.1, -0.05) is 40.2 Å². The highest BCUT2D eigenvalue weighted by Crippen LogP contribution is 2.34. The summed E-state index contributed by atoms with van der Waals surface area (Å²) in [7, 11) is 1.66. The van der Waals surface area contributed by atoms with Crippen molar-refractivity contribution < 1.29 is 14.6 Å². The molecule has 3 rings (SSSR count). The van der Waals surface area contributed by atoms with Crippen molar-refractivity contribution >= 4 is 21.9 Å². The Morgan fingerprint density at radius 2 is 1.84 bits per heavy atom. The number of ether oxygens (including phenoxy) is 1. The highest BCUT2D eigenvalue weighted by atomic mass is 79.9. The molecule has 1 N–H and O–H groups in total. The number of carboxylic acid groups (broad SMARTS) is 1. The van der Waals surface area contributed by atoms with Gasteiger partial charge >= 0.3 is 5.97 Å². The third-order valence-corrected chi connectivity index (χ3v) is 5.33. The molecule has 0 bridgehead atoms. The van der Waals surface area contributed by atoms with E-state index >= 15 is 0 Å². The lowest BCUT2D eigenvalue weighted by Crippen LogP contribution is -2.39. The van der Waals surface area contributed by atoms with Crippen LogP contribution in [0.1, 0.15) is 30.0 Å². The Morgan fingerprint density at radius 3 is 2.40 bits per heavy atom. The lowest BCUT2D eigenvalue weighted by atomic mass is 9.91. The van der Waals surface area contributed by atoms with Crippen LogP contribution in [-0.4, -0.2) is 36.2 Å². The molecular weight excluding hydrogens is 382 g/mol. The van der Waals surface area contributed by atoms with Crippen LogP contribution in [0, 0.1) is 5.92 Å². The van der Waals surface area contributed by atoms with Crippen LogP contribution >= 0.6 is 15.9 Å². The summed E-state index contributed by atoms with van der Waals surface area (Å²) in [6, 6.07) is 16.6. The smallest absolute Gasteiger partial charge is 0.306 e. The largest absolute Gasteiger partial charge is 0.497 e. The number of carbonyl (C=O) groups is 1. The van der Waals surface area contributed by atoms with E-state index in [4.69, 9.17) is 4.74 Å². The molecule has 1 heterocycles. The van der Waals surface area contributed by atoms with Gasteiger partial charge in [0.05, 0.1) is 19.1 Å². The Balaban J connectivity index is 1.90. The summed E-state index contributed by atoms with van der Waals surface area (Å²) in [4.78, 5) is 13.6. The van der Waals surface area contributed by atoms with Crippen molar-refractivity contribution in [2.45, 2.75) is 18.9 Å². The highest BCUT2D eigenvalue weighted by molar-refractivity contribution is 9.10. The van der Waals surface area contributed by atoms with E-state index in [1.165, 1.54) is 11.1 Å². The monoisotopic (exact) mass is 403 g/mol. The van der Waals surface area contributed by atoms with Gasteiger partial charge in [-0.05, 0) is 61.3 Å². The van der Waals surface area contributed by atoms with Crippen LogP contribution in [-0.2, 0) is 4.79 Å². The molecule has 1 aliphatic heterocycles. The van der Waals surface area contributed by atoms with Crippen LogP contribution in [0.4, 0.5) is 0 Å². The Kier molecular flexibility index (Phi) is 5.76. The van der Waals surface area contributed by atoms with Crippen molar-refractivity contribution in [1.29, 1.82) is 0 Å². The number of carboxylic acids is 1. The number of aliphatic carboxylic acids is 1. The number of methoxy groups -OCH3 is 1. The zero-order valence-corrected chi connectivity index (χ0v) is 15.8. The number of halogens is 1. The van der Waals surface area contributed by atoms with Crippen molar-refractivity contribution in [3.63, 3.8) is 0 Å². The number of nitrogens with zero attached hydrogens (tertiary/aromatic N) is 1. The predicted octanol–water partition coefficient (Wildman–Crippen LogP) is 4.34. The van der Waals surface area contributed by atoms with Gasteiger partial charge in [-0.15, -0.1) is 0 Å². The third-order valence-electron chi connectivity index (χ3n) is 4.84. The van der Waals surface area contributed by atoms with Gasteiger partial charge in [-0.3, -0.25) is 9.69 Å². The van der Waals surface area contributed by atoms with Crippen LogP contribution in [0.3, 0.4) is 0 Å². The van der Waals surface area contributed by atoms with Gasteiger partial charge in [0.1, 0.15) is 5.75 Å². The van der Waals surface area contributed by atoms with Gasteiger partial charge in [0, 0.05) is 4.47 Å². The summed E-state index contributed by atoms with van der Waals surface area (Å²) in [6.45, 7) is 1.56. The SMILES string of the molecule is COc1ccc(C(c2cccc(Br)c2)N2CCC(C(=O)O)CC2)cc1. The fourth-order valence-electron chi connectivity index (χ4n) is 3.48. The molecule has 0 saturated carbocycles. The molecule has 1 aliphatic rings. The maximum atomic E-state index is 11.2. The Morgan fingerprint density at radius 1 is 1.16 bits per heavy atom. The molecule has 1 atom stereocenters. The molecule has 2 aromatic carbocycles. The van der Waals surface area contributed by atoms with Crippen molar-refractivity contribution in [2.24, 2.45) is 5.92 Å². The summed E-state index contributed by atoms with van der Waals surface area (Å²) in [5.74, 6) is -0.0697. The average molecular weight is 404 g/mol. The molecule has 0 aromatic heterocycles. The number of rotatable bonds is 5. The molecule has 0 radical (unpaired) electrons. The van der Waals surface area contributed by atoms with E-state index in [1.807, 2.05) is 24.3 Å². The number of piperidine rings is 1. The minimum Gasteiger partial charge on any atom is -0.497 e. The topological polar surface area (TPSA) is 49.8 Å². The molecule has 132 valence electrons. The molecular formula is C20H22BrNO3. The fraction of sp³-hybridized carbons (Fsp3) is 0.350. The van der Waals surface area contributed by atoms with Crippen LogP contribution < -0.4 is 4.74 Å². The molecule has 25 heavy (non-hydrogen) atoms. The molecule has 0 spiro atoms. The average Bonchev–Trinajstić information content (AvgIpc) is 2.63. The van der Waals surface area contributed by atoms with E-state index in [2.05, 4.69) is 45.1 Å². The van der Waals surface area contributed by atoms with Gasteiger partial charge in [-0.25, -0.2) is 0 Å². The molecule has 1 fully saturated rings. The summed E-state index contributed by atoms with van der Waals surface area (Å²) in [5, 5.41) is 9.25. The summed E-state index contributed by atoms with van der Waals surface area (Å²) >= 11 is 3.56. The van der Waals surface area contributed by atoms with Gasteiger partial charge in [-0.2, -0.15) is 0 Å². The van der Waals surface area contributed by atoms with Crippen LogP contribution in [0.15, 0.2) is 53.0 Å². The van der Waals surface area contributed by atoms with Gasteiger partial charge in [0.25, 0.3) is 0 Å². The second kappa shape index (κ2) is 8.02. The zero-order valence-electron chi connectivity index (χ0n) is 14.2. The number of likely N-dealkylation sites (tertiary alicyclic amines) is 1. The Labute approximate surface area is 156 Å². The first-order valence-electron chi connectivity index (χ1n) is 8.44. The maximum absolute atomic E-state index is 11.2. The van der Waals surface area contributed by atoms with Crippen LogP contribution in [0.25, 0.3) is 0 Å². The van der Waals surface area contributed by atoms with Crippen molar-refractivity contribution in [2.75, 3.05) is 20.2 Å². The molecule has 5 heteroatoms. The minimum atomic E-state index is -0.678. The van der Waals surface area contributed by atoms with E-state index < -0.39 is 5.97 Å². The predicted molar refractivity (Wildman–Crippen MR) is 101 cm³/mol. The molecule has 4 nitrogen and oxygen atoms in total. The van der Waals surface area contributed by atoms with Gasteiger partial charge < -0.3 is 9.84 Å². The van der Waals surface area contributed by atoms with Gasteiger partial charge in [0.15, 0.2) is 0 Å². The Hall–Kier alpha value is -1.85. The normalized spacial score (nSPS) is 17.2. The first-order valence-corrected chi connectivity index (χ1v) is 9.24. The molecule has 1 saturated heterocycles. The second-order valence-electron chi connectivity index (χ2n) is 6.38. The maximum Gasteiger partial charge on any atom is 0.306 e. The quantitative estimate of drug-likeness (QED) is 0.806. The summed E-state index contributed by atoms with van der Waals surface area (Å²) < 4.78 is 6.32. The van der Waals surface area contributed by atoms with Crippen molar-refractivity contribution in [3.05, 3.63) is 64.1 Å². The minimum absolute atomic E-state index is 0.109. The molecule has 2 aromatic rings. The Bertz CT molecular complexity index is 724. The number of hydrogen-bond donors (Lipinski definition) is 1. The number of hydrogen-bond acceptors (Lipinski definition) is 3. The number of benzene rings is 2. The summed E-state index contributed by atoms with van der Waals surface area (Å²) in [6.07, 6.45) is 1.38. The van der Waals surface area contributed by atoms with E-state index in [1.54, 1.807) is 7.11 Å². The summed E-state index contributed by atoms with van der Waals surface area (Å²) in [5.41, 5.74) is 2.39. The first kappa shape index (κ1) is 18.0. The lowest BCUT2D eigenvalue weighted by Gasteiger charge is -2.37. The standard InChI is InChI=1S/C20H22BrNO3/c1-25-18-7-5-14(6-8-18)19(16-3-2-4-17(21)13-16)22-11-9-15(10-12-22)20(23)24/h2-8,13,15,19H,9-12H2,1H3,(H,23,24). The van der Waals surface area contributed by atoms with Gasteiger partial charge in [0.2, 0.25) is 0 Å². The van der Waals surface area contributed by atoms with Crippen LogP contribution in [0.5, 0.6) is 5.75 Å².